The van der Waals surface area contributed by atoms with Gasteiger partial charge < -0.3 is 0 Å². The molecule has 0 aliphatic carbocycles. The first kappa shape index (κ1) is 12.0. The summed E-state index contributed by atoms with van der Waals surface area (Å²) in [5.74, 6) is 0.358. The van der Waals surface area contributed by atoms with E-state index in [1.807, 2.05) is 13.8 Å². The number of benzene rings is 1. The van der Waals surface area contributed by atoms with Crippen molar-refractivity contribution < 1.29 is 4.39 Å². The molecule has 0 atom stereocenters. The lowest BCUT2D eigenvalue weighted by Crippen LogP contribution is -2.04. The Morgan fingerprint density at radius 3 is 2.82 bits per heavy atom. The summed E-state index contributed by atoms with van der Waals surface area (Å²) in [7, 11) is 0. The molecule has 0 spiro atoms. The highest BCUT2D eigenvalue weighted by molar-refractivity contribution is 6.28. The van der Waals surface area contributed by atoms with Crippen LogP contribution in [0.5, 0.6) is 0 Å². The van der Waals surface area contributed by atoms with Crippen LogP contribution in [0, 0.1) is 12.7 Å². The van der Waals surface area contributed by atoms with Gasteiger partial charge in [0.15, 0.2) is 0 Å². The van der Waals surface area contributed by atoms with Gasteiger partial charge >= 0.3 is 0 Å². The molecule has 0 amide bonds. The van der Waals surface area contributed by atoms with Gasteiger partial charge in [-0.25, -0.2) is 4.39 Å². The SMILES string of the molecule is CCCc1nnc(Cl)n1-c1cc(C)ccc1F. The minimum Gasteiger partial charge on any atom is -0.267 e. The lowest BCUT2D eigenvalue weighted by Gasteiger charge is -2.09. The first-order valence-corrected chi connectivity index (χ1v) is 5.87. The van der Waals surface area contributed by atoms with E-state index in [0.29, 0.717) is 17.9 Å². The van der Waals surface area contributed by atoms with Gasteiger partial charge in [0, 0.05) is 6.42 Å². The summed E-state index contributed by atoms with van der Waals surface area (Å²) in [5.41, 5.74) is 1.37. The van der Waals surface area contributed by atoms with Crippen LogP contribution in [-0.4, -0.2) is 14.8 Å². The van der Waals surface area contributed by atoms with E-state index in [2.05, 4.69) is 10.2 Å². The fourth-order valence-electron chi connectivity index (χ4n) is 1.71. The van der Waals surface area contributed by atoms with E-state index in [1.165, 1.54) is 6.07 Å². The molecule has 0 radical (unpaired) electrons. The van der Waals surface area contributed by atoms with Gasteiger partial charge in [0.1, 0.15) is 11.6 Å². The number of rotatable bonds is 3. The van der Waals surface area contributed by atoms with E-state index >= 15 is 0 Å². The van der Waals surface area contributed by atoms with E-state index in [4.69, 9.17) is 11.6 Å². The molecular weight excluding hydrogens is 241 g/mol. The second-order valence-corrected chi connectivity index (χ2v) is 4.26. The number of hydrogen-bond acceptors (Lipinski definition) is 2. The van der Waals surface area contributed by atoms with Crippen molar-refractivity contribution in [2.24, 2.45) is 0 Å². The lowest BCUT2D eigenvalue weighted by atomic mass is 10.2. The van der Waals surface area contributed by atoms with Crippen molar-refractivity contribution in [3.63, 3.8) is 0 Å². The molecule has 1 aromatic carbocycles. The van der Waals surface area contributed by atoms with E-state index in [1.54, 1.807) is 16.7 Å². The van der Waals surface area contributed by atoms with Crippen molar-refractivity contribution in [1.29, 1.82) is 0 Å². The lowest BCUT2D eigenvalue weighted by molar-refractivity contribution is 0.613. The van der Waals surface area contributed by atoms with Crippen LogP contribution in [0.3, 0.4) is 0 Å². The summed E-state index contributed by atoms with van der Waals surface area (Å²) in [5, 5.41) is 7.95. The molecule has 3 nitrogen and oxygen atoms in total. The minimum absolute atomic E-state index is 0.193. The topological polar surface area (TPSA) is 30.7 Å². The monoisotopic (exact) mass is 253 g/mol. The number of halogens is 2. The second kappa shape index (κ2) is 4.84. The summed E-state index contributed by atoms with van der Waals surface area (Å²) in [6.07, 6.45) is 1.62. The van der Waals surface area contributed by atoms with Gasteiger partial charge in [-0.05, 0) is 42.6 Å². The first-order valence-electron chi connectivity index (χ1n) is 5.49. The largest absolute Gasteiger partial charge is 0.267 e. The Morgan fingerprint density at radius 1 is 1.35 bits per heavy atom. The van der Waals surface area contributed by atoms with Crippen molar-refractivity contribution in [2.75, 3.05) is 0 Å². The standard InChI is InChI=1S/C12H13ClFN3/c1-3-4-11-15-16-12(13)17(11)10-7-8(2)5-6-9(10)14/h5-7H,3-4H2,1-2H3. The van der Waals surface area contributed by atoms with E-state index in [0.717, 1.165) is 12.0 Å². The molecule has 0 bridgehead atoms. The van der Waals surface area contributed by atoms with Gasteiger partial charge in [0.05, 0.1) is 5.69 Å². The Hall–Kier alpha value is -1.42. The molecule has 0 saturated carbocycles. The summed E-state index contributed by atoms with van der Waals surface area (Å²) in [6, 6.07) is 4.89. The highest BCUT2D eigenvalue weighted by Crippen LogP contribution is 2.21. The highest BCUT2D eigenvalue weighted by Gasteiger charge is 2.14. The Labute approximate surface area is 104 Å². The van der Waals surface area contributed by atoms with Crippen molar-refractivity contribution in [1.82, 2.24) is 14.8 Å². The molecule has 5 heteroatoms. The molecule has 2 rings (SSSR count). The van der Waals surface area contributed by atoms with Crippen LogP contribution in [0.2, 0.25) is 5.28 Å². The molecule has 2 aromatic rings. The Morgan fingerprint density at radius 2 is 2.12 bits per heavy atom. The van der Waals surface area contributed by atoms with Gasteiger partial charge in [0.25, 0.3) is 0 Å². The summed E-state index contributed by atoms with van der Waals surface area (Å²) >= 11 is 5.96. The zero-order valence-corrected chi connectivity index (χ0v) is 10.5. The Bertz CT molecular complexity index is 537. The van der Waals surface area contributed by atoms with Crippen LogP contribution in [-0.2, 0) is 6.42 Å². The quantitative estimate of drug-likeness (QED) is 0.840. The Kier molecular flexibility index (Phi) is 3.43. The highest BCUT2D eigenvalue weighted by atomic mass is 35.5. The maximum absolute atomic E-state index is 13.8. The van der Waals surface area contributed by atoms with E-state index < -0.39 is 0 Å². The normalized spacial score (nSPS) is 10.8. The average molecular weight is 254 g/mol. The maximum Gasteiger partial charge on any atom is 0.229 e. The zero-order valence-electron chi connectivity index (χ0n) is 9.74. The maximum atomic E-state index is 13.8. The molecule has 17 heavy (non-hydrogen) atoms. The van der Waals surface area contributed by atoms with Gasteiger partial charge in [-0.1, -0.05) is 13.0 Å². The predicted molar refractivity (Wildman–Crippen MR) is 65.1 cm³/mol. The molecule has 0 fully saturated rings. The first-order chi connectivity index (χ1) is 8.13. The van der Waals surface area contributed by atoms with Crippen LogP contribution in [0.15, 0.2) is 18.2 Å². The number of aromatic nitrogens is 3. The van der Waals surface area contributed by atoms with Crippen LogP contribution in [0.4, 0.5) is 4.39 Å². The zero-order chi connectivity index (χ0) is 12.4. The second-order valence-electron chi connectivity index (χ2n) is 3.93. The van der Waals surface area contributed by atoms with E-state index in [-0.39, 0.29) is 11.1 Å². The van der Waals surface area contributed by atoms with Gasteiger partial charge in [-0.2, -0.15) is 0 Å². The minimum atomic E-state index is -0.324. The molecular formula is C12H13ClFN3. The third-order valence-corrected chi connectivity index (χ3v) is 2.75. The molecule has 0 aliphatic heterocycles. The number of aryl methyl sites for hydroxylation is 2. The van der Waals surface area contributed by atoms with E-state index in [9.17, 15) is 4.39 Å². The number of nitrogens with zero attached hydrogens (tertiary/aromatic N) is 3. The van der Waals surface area contributed by atoms with Gasteiger partial charge in [-0.15, -0.1) is 10.2 Å². The average Bonchev–Trinajstić information content (AvgIpc) is 2.64. The smallest absolute Gasteiger partial charge is 0.229 e. The molecule has 0 aliphatic rings. The third-order valence-electron chi connectivity index (χ3n) is 2.51. The van der Waals surface area contributed by atoms with Crippen LogP contribution >= 0.6 is 11.6 Å². The van der Waals surface area contributed by atoms with Crippen molar-refractivity contribution >= 4 is 11.6 Å². The molecule has 90 valence electrons. The molecule has 0 N–H and O–H groups in total. The third kappa shape index (κ3) is 2.31. The van der Waals surface area contributed by atoms with Crippen LogP contribution in [0.1, 0.15) is 24.7 Å². The van der Waals surface area contributed by atoms with Gasteiger partial charge in [0.2, 0.25) is 5.28 Å². The number of hydrogen-bond donors (Lipinski definition) is 0. The summed E-state index contributed by atoms with van der Waals surface area (Å²) < 4.78 is 15.4. The van der Waals surface area contributed by atoms with Crippen LogP contribution < -0.4 is 0 Å². The van der Waals surface area contributed by atoms with Gasteiger partial charge in [-0.3, -0.25) is 4.57 Å². The fraction of sp³-hybridized carbons (Fsp3) is 0.333. The molecule has 1 aromatic heterocycles. The van der Waals surface area contributed by atoms with Crippen molar-refractivity contribution in [2.45, 2.75) is 26.7 Å². The summed E-state index contributed by atoms with van der Waals surface area (Å²) in [4.78, 5) is 0. The molecule has 0 unspecified atom stereocenters. The van der Waals surface area contributed by atoms with Crippen molar-refractivity contribution in [3.8, 4) is 5.69 Å². The van der Waals surface area contributed by atoms with Crippen LogP contribution in [0.25, 0.3) is 5.69 Å². The summed E-state index contributed by atoms with van der Waals surface area (Å²) in [6.45, 7) is 3.93. The molecule has 0 saturated heterocycles. The molecule has 1 heterocycles. The predicted octanol–water partition coefficient (Wildman–Crippen LogP) is 3.32. The fourth-order valence-corrected chi connectivity index (χ4v) is 1.94. The van der Waals surface area contributed by atoms with Crippen molar-refractivity contribution in [3.05, 3.63) is 40.7 Å². The Balaban J connectivity index is 2.58.